The number of benzene rings is 1. The highest BCUT2D eigenvalue weighted by atomic mass is 14.9. The molecule has 0 aromatic heterocycles. The van der Waals surface area contributed by atoms with Gasteiger partial charge in [0.05, 0.1) is 0 Å². The second-order valence-corrected chi connectivity index (χ2v) is 3.14. The quantitative estimate of drug-likeness (QED) is 0.760. The fraction of sp³-hybridized carbons (Fsp3) is 0.231. The van der Waals surface area contributed by atoms with Crippen molar-refractivity contribution in [3.05, 3.63) is 54.2 Å². The Balaban J connectivity index is 2.68. The van der Waals surface area contributed by atoms with Crippen molar-refractivity contribution in [1.82, 2.24) is 5.32 Å². The minimum Gasteiger partial charge on any atom is -0.359 e. The normalized spacial score (nSPS) is 11.1. The Hall–Kier alpha value is -1.50. The lowest BCUT2D eigenvalue weighted by Gasteiger charge is -2.11. The van der Waals surface area contributed by atoms with Crippen molar-refractivity contribution in [1.29, 1.82) is 0 Å². The SMILES string of the molecule is C=C(N/C(=C\C)CC)c1ccccc1. The van der Waals surface area contributed by atoms with Crippen LogP contribution in [0.2, 0.25) is 0 Å². The molecule has 0 radical (unpaired) electrons. The van der Waals surface area contributed by atoms with E-state index in [0.717, 1.165) is 17.7 Å². The molecule has 1 rings (SSSR count). The van der Waals surface area contributed by atoms with E-state index < -0.39 is 0 Å². The maximum absolute atomic E-state index is 4.01. The molecule has 0 saturated heterocycles. The van der Waals surface area contributed by atoms with E-state index >= 15 is 0 Å². The molecule has 0 atom stereocenters. The first-order valence-corrected chi connectivity index (χ1v) is 4.94. The highest BCUT2D eigenvalue weighted by Crippen LogP contribution is 2.11. The lowest BCUT2D eigenvalue weighted by Crippen LogP contribution is -2.09. The van der Waals surface area contributed by atoms with E-state index in [1.165, 1.54) is 5.70 Å². The molecule has 0 heterocycles. The van der Waals surface area contributed by atoms with Gasteiger partial charge in [-0.05, 0) is 18.9 Å². The van der Waals surface area contributed by atoms with E-state index in [2.05, 4.69) is 37.0 Å². The molecule has 0 saturated carbocycles. The summed E-state index contributed by atoms with van der Waals surface area (Å²) >= 11 is 0. The van der Waals surface area contributed by atoms with Crippen LogP contribution in [0.25, 0.3) is 5.70 Å². The molecular weight excluding hydrogens is 170 g/mol. The molecule has 0 aliphatic rings. The molecule has 0 fully saturated rings. The molecule has 14 heavy (non-hydrogen) atoms. The summed E-state index contributed by atoms with van der Waals surface area (Å²) in [5.74, 6) is 0. The lowest BCUT2D eigenvalue weighted by molar-refractivity contribution is 0.955. The summed E-state index contributed by atoms with van der Waals surface area (Å²) in [6.45, 7) is 8.17. The van der Waals surface area contributed by atoms with Crippen LogP contribution in [0.3, 0.4) is 0 Å². The zero-order valence-electron chi connectivity index (χ0n) is 8.88. The van der Waals surface area contributed by atoms with Gasteiger partial charge in [-0.25, -0.2) is 0 Å². The van der Waals surface area contributed by atoms with Crippen molar-refractivity contribution in [3.63, 3.8) is 0 Å². The first-order chi connectivity index (χ1) is 6.77. The zero-order valence-corrected chi connectivity index (χ0v) is 8.88. The highest BCUT2D eigenvalue weighted by molar-refractivity contribution is 5.62. The number of hydrogen-bond donors (Lipinski definition) is 1. The van der Waals surface area contributed by atoms with Gasteiger partial charge < -0.3 is 5.32 Å². The fourth-order valence-corrected chi connectivity index (χ4v) is 1.27. The minimum absolute atomic E-state index is 0.959. The molecule has 1 heteroatoms. The first kappa shape index (κ1) is 10.6. The molecule has 1 aromatic carbocycles. The Morgan fingerprint density at radius 2 is 2.00 bits per heavy atom. The largest absolute Gasteiger partial charge is 0.359 e. The van der Waals surface area contributed by atoms with Gasteiger partial charge in [-0.1, -0.05) is 49.9 Å². The summed E-state index contributed by atoms with van der Waals surface area (Å²) < 4.78 is 0. The van der Waals surface area contributed by atoms with E-state index in [1.807, 2.05) is 25.1 Å². The number of hydrogen-bond acceptors (Lipinski definition) is 1. The van der Waals surface area contributed by atoms with Crippen molar-refractivity contribution in [3.8, 4) is 0 Å². The molecular formula is C13H17N. The summed E-state index contributed by atoms with van der Waals surface area (Å²) in [7, 11) is 0. The van der Waals surface area contributed by atoms with Gasteiger partial charge in [-0.3, -0.25) is 0 Å². The Kier molecular flexibility index (Phi) is 3.99. The van der Waals surface area contributed by atoms with Gasteiger partial charge in [0.1, 0.15) is 0 Å². The van der Waals surface area contributed by atoms with Gasteiger partial charge in [0.25, 0.3) is 0 Å². The van der Waals surface area contributed by atoms with E-state index in [-0.39, 0.29) is 0 Å². The van der Waals surface area contributed by atoms with Crippen LogP contribution >= 0.6 is 0 Å². The monoisotopic (exact) mass is 187 g/mol. The lowest BCUT2D eigenvalue weighted by atomic mass is 10.1. The Morgan fingerprint density at radius 3 is 2.50 bits per heavy atom. The molecule has 0 aliphatic heterocycles. The summed E-state index contributed by atoms with van der Waals surface area (Å²) in [5.41, 5.74) is 3.31. The highest BCUT2D eigenvalue weighted by Gasteiger charge is 1.98. The molecule has 1 N–H and O–H groups in total. The molecule has 74 valence electrons. The van der Waals surface area contributed by atoms with Crippen molar-refractivity contribution >= 4 is 5.70 Å². The molecule has 0 unspecified atom stereocenters. The average Bonchev–Trinajstić information content (AvgIpc) is 2.26. The zero-order chi connectivity index (χ0) is 10.4. The maximum atomic E-state index is 4.01. The summed E-state index contributed by atoms with van der Waals surface area (Å²) in [6.07, 6.45) is 3.08. The molecule has 0 aliphatic carbocycles. The summed E-state index contributed by atoms with van der Waals surface area (Å²) in [6, 6.07) is 10.1. The molecule has 1 nitrogen and oxygen atoms in total. The Bertz CT molecular complexity index is 322. The molecule has 0 spiro atoms. The Morgan fingerprint density at radius 1 is 1.36 bits per heavy atom. The van der Waals surface area contributed by atoms with Crippen molar-refractivity contribution < 1.29 is 0 Å². The Labute approximate surface area is 86.2 Å². The van der Waals surface area contributed by atoms with E-state index in [9.17, 15) is 0 Å². The average molecular weight is 187 g/mol. The van der Waals surface area contributed by atoms with Gasteiger partial charge >= 0.3 is 0 Å². The van der Waals surface area contributed by atoms with Crippen LogP contribution in [0.5, 0.6) is 0 Å². The maximum Gasteiger partial charge on any atom is 0.0382 e. The van der Waals surface area contributed by atoms with Crippen LogP contribution in [0.15, 0.2) is 48.7 Å². The predicted molar refractivity (Wildman–Crippen MR) is 62.7 cm³/mol. The first-order valence-electron chi connectivity index (χ1n) is 4.94. The summed E-state index contributed by atoms with van der Waals surface area (Å²) in [5, 5.41) is 3.30. The number of rotatable bonds is 4. The van der Waals surface area contributed by atoms with Crippen LogP contribution in [0.4, 0.5) is 0 Å². The van der Waals surface area contributed by atoms with Crippen LogP contribution in [-0.4, -0.2) is 0 Å². The smallest absolute Gasteiger partial charge is 0.0382 e. The minimum atomic E-state index is 0.959. The third kappa shape index (κ3) is 2.77. The third-order valence-electron chi connectivity index (χ3n) is 2.16. The van der Waals surface area contributed by atoms with Crippen molar-refractivity contribution in [2.24, 2.45) is 0 Å². The van der Waals surface area contributed by atoms with E-state index in [4.69, 9.17) is 0 Å². The van der Waals surface area contributed by atoms with E-state index in [1.54, 1.807) is 0 Å². The topological polar surface area (TPSA) is 12.0 Å². The van der Waals surface area contributed by atoms with Crippen LogP contribution < -0.4 is 5.32 Å². The molecule has 1 aromatic rings. The third-order valence-corrected chi connectivity index (χ3v) is 2.16. The van der Waals surface area contributed by atoms with Gasteiger partial charge in [-0.2, -0.15) is 0 Å². The number of nitrogens with one attached hydrogen (secondary N) is 1. The van der Waals surface area contributed by atoms with Gasteiger partial charge in [0.2, 0.25) is 0 Å². The molecule has 0 amide bonds. The fourth-order valence-electron chi connectivity index (χ4n) is 1.27. The van der Waals surface area contributed by atoms with Gasteiger partial charge in [0, 0.05) is 11.4 Å². The van der Waals surface area contributed by atoms with Crippen molar-refractivity contribution in [2.75, 3.05) is 0 Å². The van der Waals surface area contributed by atoms with Gasteiger partial charge in [-0.15, -0.1) is 0 Å². The second-order valence-electron chi connectivity index (χ2n) is 3.14. The van der Waals surface area contributed by atoms with Crippen LogP contribution in [0.1, 0.15) is 25.8 Å². The molecule has 0 bridgehead atoms. The van der Waals surface area contributed by atoms with Crippen LogP contribution in [-0.2, 0) is 0 Å². The predicted octanol–water partition coefficient (Wildman–Crippen LogP) is 3.56. The van der Waals surface area contributed by atoms with Crippen molar-refractivity contribution in [2.45, 2.75) is 20.3 Å². The van der Waals surface area contributed by atoms with E-state index in [0.29, 0.717) is 0 Å². The second kappa shape index (κ2) is 5.28. The summed E-state index contributed by atoms with van der Waals surface area (Å²) in [4.78, 5) is 0. The standard InChI is InChI=1S/C13H17N/c1-4-13(5-2)14-11(3)12-9-7-6-8-10-12/h4,6-10,14H,3,5H2,1-2H3/b13-4-. The van der Waals surface area contributed by atoms with Gasteiger partial charge in [0.15, 0.2) is 0 Å². The number of allylic oxidation sites excluding steroid dienone is 2. The van der Waals surface area contributed by atoms with Crippen LogP contribution in [0, 0.1) is 0 Å².